The first-order chi connectivity index (χ1) is 8.69. The SMILES string of the molecule is C/C=C/C(=O)N1CCC(Oc2ncc(F)cn2)C1. The van der Waals surface area contributed by atoms with Gasteiger partial charge in [-0.1, -0.05) is 6.08 Å². The number of allylic oxidation sites excluding steroid dienone is 1. The van der Waals surface area contributed by atoms with Gasteiger partial charge in [0.2, 0.25) is 5.91 Å². The third kappa shape index (κ3) is 3.03. The number of aromatic nitrogens is 2. The maximum absolute atomic E-state index is 12.6. The molecule has 6 heteroatoms. The summed E-state index contributed by atoms with van der Waals surface area (Å²) in [6, 6.07) is 0.140. The van der Waals surface area contributed by atoms with Crippen molar-refractivity contribution in [2.45, 2.75) is 19.4 Å². The predicted octanol–water partition coefficient (Wildman–Crippen LogP) is 1.17. The highest BCUT2D eigenvalue weighted by molar-refractivity contribution is 5.87. The Bertz CT molecular complexity index is 447. The van der Waals surface area contributed by atoms with Gasteiger partial charge < -0.3 is 9.64 Å². The van der Waals surface area contributed by atoms with Gasteiger partial charge in [-0.3, -0.25) is 4.79 Å². The first-order valence-corrected chi connectivity index (χ1v) is 5.75. The Balaban J connectivity index is 1.89. The molecule has 1 aromatic heterocycles. The first kappa shape index (κ1) is 12.5. The molecule has 0 N–H and O–H groups in total. The average Bonchev–Trinajstić information content (AvgIpc) is 2.81. The van der Waals surface area contributed by atoms with E-state index >= 15 is 0 Å². The fourth-order valence-electron chi connectivity index (χ4n) is 1.78. The molecule has 2 rings (SSSR count). The van der Waals surface area contributed by atoms with Crippen molar-refractivity contribution in [3.63, 3.8) is 0 Å². The number of amides is 1. The molecule has 0 aromatic carbocycles. The van der Waals surface area contributed by atoms with E-state index in [2.05, 4.69) is 9.97 Å². The predicted molar refractivity (Wildman–Crippen MR) is 62.4 cm³/mol. The van der Waals surface area contributed by atoms with E-state index in [1.165, 1.54) is 6.08 Å². The smallest absolute Gasteiger partial charge is 0.316 e. The topological polar surface area (TPSA) is 55.3 Å². The summed E-state index contributed by atoms with van der Waals surface area (Å²) in [7, 11) is 0. The van der Waals surface area contributed by atoms with Gasteiger partial charge in [0.15, 0.2) is 5.82 Å². The van der Waals surface area contributed by atoms with E-state index in [1.54, 1.807) is 17.9 Å². The van der Waals surface area contributed by atoms with Crippen molar-refractivity contribution in [3.8, 4) is 6.01 Å². The Morgan fingerprint density at radius 2 is 2.28 bits per heavy atom. The molecule has 18 heavy (non-hydrogen) atoms. The van der Waals surface area contributed by atoms with Gasteiger partial charge >= 0.3 is 6.01 Å². The number of likely N-dealkylation sites (tertiary alicyclic amines) is 1. The van der Waals surface area contributed by atoms with Gasteiger partial charge in [-0.2, -0.15) is 0 Å². The van der Waals surface area contributed by atoms with Crippen molar-refractivity contribution in [1.82, 2.24) is 14.9 Å². The van der Waals surface area contributed by atoms with E-state index in [0.717, 1.165) is 18.8 Å². The third-order valence-corrected chi connectivity index (χ3v) is 2.63. The molecule has 1 aromatic rings. The van der Waals surface area contributed by atoms with Crippen LogP contribution in [0.3, 0.4) is 0 Å². The van der Waals surface area contributed by atoms with Gasteiger partial charge in [0.1, 0.15) is 6.10 Å². The van der Waals surface area contributed by atoms with E-state index < -0.39 is 5.82 Å². The van der Waals surface area contributed by atoms with Gasteiger partial charge in [0.25, 0.3) is 0 Å². The fourth-order valence-corrected chi connectivity index (χ4v) is 1.78. The van der Waals surface area contributed by atoms with Crippen LogP contribution in [0.25, 0.3) is 0 Å². The van der Waals surface area contributed by atoms with Gasteiger partial charge in [-0.15, -0.1) is 0 Å². The molecule has 1 unspecified atom stereocenters. The summed E-state index contributed by atoms with van der Waals surface area (Å²) >= 11 is 0. The lowest BCUT2D eigenvalue weighted by Crippen LogP contribution is -2.29. The van der Waals surface area contributed by atoms with Gasteiger partial charge in [-0.25, -0.2) is 14.4 Å². The Labute approximate surface area is 104 Å². The maximum Gasteiger partial charge on any atom is 0.316 e. The molecule has 0 bridgehead atoms. The van der Waals surface area contributed by atoms with Crippen LogP contribution in [0.15, 0.2) is 24.5 Å². The maximum atomic E-state index is 12.6. The van der Waals surface area contributed by atoms with Crippen LogP contribution in [0.5, 0.6) is 6.01 Å². The molecule has 1 saturated heterocycles. The van der Waals surface area contributed by atoms with Crippen LogP contribution in [-0.4, -0.2) is 40.0 Å². The zero-order valence-electron chi connectivity index (χ0n) is 10.0. The largest absolute Gasteiger partial charge is 0.458 e. The second kappa shape index (κ2) is 5.57. The zero-order chi connectivity index (χ0) is 13.0. The standard InChI is InChI=1S/C12H14FN3O2/c1-2-3-11(17)16-5-4-10(8-16)18-12-14-6-9(13)7-15-12/h2-3,6-7,10H,4-5,8H2,1H3/b3-2+. The summed E-state index contributed by atoms with van der Waals surface area (Å²) in [5.41, 5.74) is 0. The van der Waals surface area contributed by atoms with Gasteiger partial charge in [0, 0.05) is 13.0 Å². The number of carbonyl (C=O) groups is 1. The molecule has 0 aliphatic carbocycles. The van der Waals surface area contributed by atoms with Crippen molar-refractivity contribution in [2.75, 3.05) is 13.1 Å². The van der Waals surface area contributed by atoms with Crippen molar-refractivity contribution in [1.29, 1.82) is 0 Å². The molecule has 1 amide bonds. The number of carbonyl (C=O) groups excluding carboxylic acids is 1. The second-order valence-electron chi connectivity index (χ2n) is 4.00. The summed E-state index contributed by atoms with van der Waals surface area (Å²) in [5.74, 6) is -0.526. The molecule has 0 saturated carbocycles. The number of nitrogens with zero attached hydrogens (tertiary/aromatic N) is 3. The van der Waals surface area contributed by atoms with Crippen LogP contribution in [0.2, 0.25) is 0 Å². The van der Waals surface area contributed by atoms with E-state index in [-0.39, 0.29) is 18.0 Å². The van der Waals surface area contributed by atoms with Crippen LogP contribution in [-0.2, 0) is 4.79 Å². The lowest BCUT2D eigenvalue weighted by molar-refractivity contribution is -0.125. The molecule has 96 valence electrons. The van der Waals surface area contributed by atoms with Gasteiger partial charge in [0.05, 0.1) is 18.9 Å². The van der Waals surface area contributed by atoms with Crippen LogP contribution >= 0.6 is 0 Å². The highest BCUT2D eigenvalue weighted by Crippen LogP contribution is 2.15. The quantitative estimate of drug-likeness (QED) is 0.757. The van der Waals surface area contributed by atoms with Crippen molar-refractivity contribution in [2.24, 2.45) is 0 Å². The summed E-state index contributed by atoms with van der Waals surface area (Å²) in [5, 5.41) is 0. The molecule has 1 aliphatic rings. The summed E-state index contributed by atoms with van der Waals surface area (Å²) < 4.78 is 18.1. The molecule has 0 radical (unpaired) electrons. The number of halogens is 1. The highest BCUT2D eigenvalue weighted by Gasteiger charge is 2.26. The van der Waals surface area contributed by atoms with E-state index in [0.29, 0.717) is 13.1 Å². The lowest BCUT2D eigenvalue weighted by atomic mass is 10.3. The molecule has 0 spiro atoms. The molecule has 1 atom stereocenters. The van der Waals surface area contributed by atoms with Crippen molar-refractivity contribution in [3.05, 3.63) is 30.4 Å². The Morgan fingerprint density at radius 1 is 1.56 bits per heavy atom. The summed E-state index contributed by atoms with van der Waals surface area (Å²) in [6.07, 6.45) is 5.94. The average molecular weight is 251 g/mol. The minimum Gasteiger partial charge on any atom is -0.458 e. The molecule has 2 heterocycles. The monoisotopic (exact) mass is 251 g/mol. The molecule has 1 aliphatic heterocycles. The Hall–Kier alpha value is -1.98. The molecule has 5 nitrogen and oxygen atoms in total. The van der Waals surface area contributed by atoms with Crippen LogP contribution in [0.1, 0.15) is 13.3 Å². The minimum absolute atomic E-state index is 0.0244. The number of hydrogen-bond acceptors (Lipinski definition) is 4. The molecular weight excluding hydrogens is 237 g/mol. The zero-order valence-corrected chi connectivity index (χ0v) is 10.0. The van der Waals surface area contributed by atoms with E-state index in [1.807, 2.05) is 0 Å². The second-order valence-corrected chi connectivity index (χ2v) is 4.00. The van der Waals surface area contributed by atoms with Crippen molar-refractivity contribution < 1.29 is 13.9 Å². The normalized spacial score (nSPS) is 19.4. The van der Waals surface area contributed by atoms with Crippen LogP contribution in [0.4, 0.5) is 4.39 Å². The lowest BCUT2D eigenvalue weighted by Gasteiger charge is -2.14. The number of ether oxygens (including phenoxy) is 1. The highest BCUT2D eigenvalue weighted by atomic mass is 19.1. The summed E-state index contributed by atoms with van der Waals surface area (Å²) in [4.78, 5) is 20.7. The molecule has 1 fully saturated rings. The Morgan fingerprint density at radius 3 is 2.94 bits per heavy atom. The van der Waals surface area contributed by atoms with Gasteiger partial charge in [-0.05, 0) is 13.0 Å². The third-order valence-electron chi connectivity index (χ3n) is 2.63. The van der Waals surface area contributed by atoms with E-state index in [4.69, 9.17) is 4.74 Å². The van der Waals surface area contributed by atoms with Crippen LogP contribution < -0.4 is 4.74 Å². The molecular formula is C12H14FN3O2. The number of hydrogen-bond donors (Lipinski definition) is 0. The fraction of sp³-hybridized carbons (Fsp3) is 0.417. The van der Waals surface area contributed by atoms with E-state index in [9.17, 15) is 9.18 Å². The van der Waals surface area contributed by atoms with Crippen LogP contribution in [0, 0.1) is 5.82 Å². The summed E-state index contributed by atoms with van der Waals surface area (Å²) in [6.45, 7) is 2.95. The minimum atomic E-state index is -0.501. The number of rotatable bonds is 3. The van der Waals surface area contributed by atoms with Crippen molar-refractivity contribution >= 4 is 5.91 Å². The first-order valence-electron chi connectivity index (χ1n) is 5.75. The Kier molecular flexibility index (Phi) is 3.86.